The van der Waals surface area contributed by atoms with E-state index in [2.05, 4.69) is 10.6 Å². The van der Waals surface area contributed by atoms with Gasteiger partial charge in [0.05, 0.1) is 6.04 Å². The summed E-state index contributed by atoms with van der Waals surface area (Å²) in [4.78, 5) is 29.6. The molecule has 2 amide bonds. The predicted octanol–water partition coefficient (Wildman–Crippen LogP) is 1.63. The van der Waals surface area contributed by atoms with Gasteiger partial charge >= 0.3 is 0 Å². The van der Waals surface area contributed by atoms with Crippen molar-refractivity contribution in [3.05, 3.63) is 58.1 Å². The second-order valence-corrected chi connectivity index (χ2v) is 8.21. The van der Waals surface area contributed by atoms with Crippen LogP contribution < -0.4 is 10.6 Å². The molecule has 158 valence electrons. The molecular formula is C21H22F2N4O3. The van der Waals surface area contributed by atoms with E-state index in [9.17, 15) is 23.5 Å². The Morgan fingerprint density at radius 1 is 1.37 bits per heavy atom. The number of carbonyl (C=O) groups excluding carboxylic acids is 2. The fraction of sp³-hybridized carbons (Fsp3) is 0.429. The average Bonchev–Trinajstić information content (AvgIpc) is 3.30. The van der Waals surface area contributed by atoms with E-state index in [4.69, 9.17) is 0 Å². The molecule has 3 N–H and O–H groups in total. The maximum absolute atomic E-state index is 13.9. The Kier molecular flexibility index (Phi) is 4.32. The molecule has 0 aromatic heterocycles. The van der Waals surface area contributed by atoms with Gasteiger partial charge in [-0.1, -0.05) is 6.07 Å². The number of hydrogen-bond donors (Lipinski definition) is 3. The molecule has 4 heterocycles. The van der Waals surface area contributed by atoms with E-state index in [0.29, 0.717) is 18.5 Å². The minimum absolute atomic E-state index is 0.0354. The van der Waals surface area contributed by atoms with E-state index >= 15 is 0 Å². The van der Waals surface area contributed by atoms with Gasteiger partial charge in [0, 0.05) is 48.5 Å². The van der Waals surface area contributed by atoms with Crippen LogP contribution >= 0.6 is 0 Å². The van der Waals surface area contributed by atoms with Gasteiger partial charge in [0.2, 0.25) is 5.91 Å². The zero-order valence-electron chi connectivity index (χ0n) is 16.4. The summed E-state index contributed by atoms with van der Waals surface area (Å²) in [5.41, 5.74) is 1.55. The molecule has 0 aliphatic carbocycles. The Labute approximate surface area is 172 Å². The van der Waals surface area contributed by atoms with Crippen LogP contribution in [0.2, 0.25) is 0 Å². The Balaban J connectivity index is 1.42. The van der Waals surface area contributed by atoms with Gasteiger partial charge < -0.3 is 20.2 Å². The van der Waals surface area contributed by atoms with Crippen LogP contribution in [0.15, 0.2) is 40.9 Å². The normalized spacial score (nSPS) is 27.6. The first-order valence-corrected chi connectivity index (χ1v) is 10.1. The van der Waals surface area contributed by atoms with Crippen LogP contribution in [0, 0.1) is 11.6 Å². The SMILES string of the molecule is C[C@H]1CNC2C3CCC4=C(C(=O)NCc5ccc(F)cc5F)CC(O)=C(C(=O)N21)N43. The lowest BCUT2D eigenvalue weighted by Gasteiger charge is -2.46. The van der Waals surface area contributed by atoms with Gasteiger partial charge in [-0.25, -0.2) is 8.78 Å². The fourth-order valence-electron chi connectivity index (χ4n) is 5.04. The number of halogens is 2. The molecule has 30 heavy (non-hydrogen) atoms. The number of nitrogens with zero attached hydrogens (tertiary/aromatic N) is 2. The first-order valence-electron chi connectivity index (χ1n) is 10.1. The number of hydrogen-bond acceptors (Lipinski definition) is 5. The zero-order chi connectivity index (χ0) is 21.2. The zero-order valence-corrected chi connectivity index (χ0v) is 16.4. The van der Waals surface area contributed by atoms with Crippen molar-refractivity contribution in [3.63, 3.8) is 0 Å². The monoisotopic (exact) mass is 416 g/mol. The lowest BCUT2D eigenvalue weighted by atomic mass is 9.98. The number of allylic oxidation sites excluding steroid dienone is 2. The summed E-state index contributed by atoms with van der Waals surface area (Å²) < 4.78 is 26.9. The molecule has 3 fully saturated rings. The van der Waals surface area contributed by atoms with Gasteiger partial charge in [-0.2, -0.15) is 0 Å². The van der Waals surface area contributed by atoms with E-state index in [-0.39, 0.29) is 54.1 Å². The van der Waals surface area contributed by atoms with E-state index in [1.54, 1.807) is 4.90 Å². The first kappa shape index (κ1) is 19.0. The average molecular weight is 416 g/mol. The van der Waals surface area contributed by atoms with Crippen molar-refractivity contribution in [2.24, 2.45) is 0 Å². The van der Waals surface area contributed by atoms with Crippen LogP contribution in [0.25, 0.3) is 0 Å². The number of rotatable bonds is 3. The molecule has 4 aliphatic rings. The van der Waals surface area contributed by atoms with Gasteiger partial charge in [0.15, 0.2) is 0 Å². The Hall–Kier alpha value is -2.94. The summed E-state index contributed by atoms with van der Waals surface area (Å²) in [6.07, 6.45) is 1.17. The van der Waals surface area contributed by atoms with E-state index in [0.717, 1.165) is 24.3 Å². The topological polar surface area (TPSA) is 84.9 Å². The molecular weight excluding hydrogens is 394 g/mol. The number of benzene rings is 1. The van der Waals surface area contributed by atoms with E-state index < -0.39 is 17.5 Å². The maximum Gasteiger partial charge on any atom is 0.275 e. The highest BCUT2D eigenvalue weighted by molar-refractivity contribution is 5.99. The van der Waals surface area contributed by atoms with Crippen LogP contribution in [0.5, 0.6) is 0 Å². The van der Waals surface area contributed by atoms with Crippen LogP contribution in [0.4, 0.5) is 8.78 Å². The van der Waals surface area contributed by atoms with Crippen LogP contribution in [0.3, 0.4) is 0 Å². The second kappa shape index (κ2) is 6.80. The molecule has 3 saturated heterocycles. The smallest absolute Gasteiger partial charge is 0.275 e. The summed E-state index contributed by atoms with van der Waals surface area (Å²) in [5.74, 6) is -2.18. The Morgan fingerprint density at radius 2 is 2.17 bits per heavy atom. The molecule has 2 unspecified atom stereocenters. The van der Waals surface area contributed by atoms with Crippen molar-refractivity contribution in [1.82, 2.24) is 20.4 Å². The first-order chi connectivity index (χ1) is 14.4. The molecule has 4 aliphatic heterocycles. The van der Waals surface area contributed by atoms with Gasteiger partial charge in [-0.05, 0) is 25.8 Å². The number of aliphatic hydroxyl groups is 1. The molecule has 7 nitrogen and oxygen atoms in total. The summed E-state index contributed by atoms with van der Waals surface area (Å²) in [6.45, 7) is 2.56. The summed E-state index contributed by atoms with van der Waals surface area (Å²) in [5, 5.41) is 16.7. The number of carbonyl (C=O) groups is 2. The third-order valence-electron chi connectivity index (χ3n) is 6.43. The molecule has 0 bridgehead atoms. The molecule has 1 aromatic carbocycles. The quantitative estimate of drug-likeness (QED) is 0.698. The minimum atomic E-state index is -0.731. The van der Waals surface area contributed by atoms with Crippen LogP contribution in [-0.2, 0) is 16.1 Å². The van der Waals surface area contributed by atoms with Crippen molar-refractivity contribution < 1.29 is 23.5 Å². The third-order valence-corrected chi connectivity index (χ3v) is 6.43. The Morgan fingerprint density at radius 3 is 2.93 bits per heavy atom. The molecule has 0 saturated carbocycles. The lowest BCUT2D eigenvalue weighted by molar-refractivity contribution is -0.137. The summed E-state index contributed by atoms with van der Waals surface area (Å²) >= 11 is 0. The standard InChI is InChI=1S/C21H22F2N4O3/c1-10-8-24-19-16-5-4-15-13(7-17(28)18(27(15)16)21(30)26(10)19)20(29)25-9-11-2-3-12(22)6-14(11)23/h2-3,6,10,16,19,24,28H,4-5,7-9H2,1H3,(H,25,29)/t10-,16?,19?/m0/s1. The van der Waals surface area contributed by atoms with Crippen LogP contribution in [-0.4, -0.2) is 51.5 Å². The fourth-order valence-corrected chi connectivity index (χ4v) is 5.04. The summed E-state index contributed by atoms with van der Waals surface area (Å²) in [7, 11) is 0. The number of aliphatic hydroxyl groups excluding tert-OH is 1. The van der Waals surface area contributed by atoms with Crippen molar-refractivity contribution in [2.75, 3.05) is 6.54 Å². The summed E-state index contributed by atoms with van der Waals surface area (Å²) in [6, 6.07) is 3.18. The highest BCUT2D eigenvalue weighted by Crippen LogP contribution is 2.46. The highest BCUT2D eigenvalue weighted by atomic mass is 19.1. The van der Waals surface area contributed by atoms with Gasteiger partial charge in [0.25, 0.3) is 5.91 Å². The molecule has 0 spiro atoms. The molecule has 9 heteroatoms. The number of fused-ring (bicyclic) bond motifs is 2. The van der Waals surface area contributed by atoms with Crippen molar-refractivity contribution >= 4 is 11.8 Å². The molecule has 0 radical (unpaired) electrons. The number of amides is 2. The van der Waals surface area contributed by atoms with E-state index in [1.165, 1.54) is 6.07 Å². The van der Waals surface area contributed by atoms with Gasteiger partial charge in [-0.3, -0.25) is 14.9 Å². The van der Waals surface area contributed by atoms with Crippen molar-refractivity contribution in [3.8, 4) is 0 Å². The van der Waals surface area contributed by atoms with Gasteiger partial charge in [0.1, 0.15) is 29.3 Å². The van der Waals surface area contributed by atoms with Crippen molar-refractivity contribution in [1.29, 1.82) is 0 Å². The predicted molar refractivity (Wildman–Crippen MR) is 102 cm³/mol. The lowest BCUT2D eigenvalue weighted by Crippen LogP contribution is -2.61. The molecule has 1 aromatic rings. The van der Waals surface area contributed by atoms with Crippen molar-refractivity contribution in [2.45, 2.75) is 51.0 Å². The number of nitrogens with one attached hydrogen (secondary N) is 2. The maximum atomic E-state index is 13.9. The Bertz CT molecular complexity index is 1020. The van der Waals surface area contributed by atoms with Crippen LogP contribution in [0.1, 0.15) is 31.7 Å². The second-order valence-electron chi connectivity index (χ2n) is 8.21. The largest absolute Gasteiger partial charge is 0.510 e. The highest BCUT2D eigenvalue weighted by Gasteiger charge is 2.54. The number of piperazine rings is 1. The molecule has 3 atom stereocenters. The molecule has 5 rings (SSSR count). The van der Waals surface area contributed by atoms with Gasteiger partial charge in [-0.15, -0.1) is 0 Å². The third kappa shape index (κ3) is 2.72. The minimum Gasteiger partial charge on any atom is -0.510 e. The van der Waals surface area contributed by atoms with E-state index in [1.807, 2.05) is 11.8 Å².